The molecule has 3 rings (SSSR count). The van der Waals surface area contributed by atoms with Gasteiger partial charge in [-0.2, -0.15) is 5.26 Å². The van der Waals surface area contributed by atoms with E-state index in [1.165, 1.54) is 0 Å². The Balaban J connectivity index is 1.68. The number of carbonyl (C=O) groups excluding carboxylic acids is 1. The van der Waals surface area contributed by atoms with Gasteiger partial charge >= 0.3 is 0 Å². The predicted octanol–water partition coefficient (Wildman–Crippen LogP) is 2.15. The summed E-state index contributed by atoms with van der Waals surface area (Å²) in [7, 11) is 0. The largest absolute Gasteiger partial charge is 0.337 e. The van der Waals surface area contributed by atoms with Gasteiger partial charge in [0.2, 0.25) is 0 Å². The van der Waals surface area contributed by atoms with Gasteiger partial charge in [0.05, 0.1) is 18.0 Å². The third kappa shape index (κ3) is 3.92. The van der Waals surface area contributed by atoms with Gasteiger partial charge in [0.1, 0.15) is 5.70 Å². The van der Waals surface area contributed by atoms with Gasteiger partial charge in [-0.25, -0.2) is 4.98 Å². The summed E-state index contributed by atoms with van der Waals surface area (Å²) in [6.45, 7) is 3.37. The van der Waals surface area contributed by atoms with E-state index in [2.05, 4.69) is 23.3 Å². The first-order chi connectivity index (χ1) is 12.1. The molecular weight excluding hydrogens is 334 g/mol. The number of aromatic nitrogens is 2. The summed E-state index contributed by atoms with van der Waals surface area (Å²) < 4.78 is 1.98. The number of nitriles is 1. The summed E-state index contributed by atoms with van der Waals surface area (Å²) in [5.74, 6) is 0.0963. The minimum atomic E-state index is -0.133. The van der Waals surface area contributed by atoms with Crippen LogP contribution in [-0.4, -0.2) is 32.0 Å². The molecule has 6 nitrogen and oxygen atoms in total. The molecule has 2 aromatic rings. The highest BCUT2D eigenvalue weighted by Crippen LogP contribution is 2.17. The highest BCUT2D eigenvalue weighted by Gasteiger charge is 2.31. The molecule has 7 heteroatoms. The Kier molecular flexibility index (Phi) is 4.91. The minimum absolute atomic E-state index is 0.133. The Hall–Kier alpha value is -2.98. The van der Waals surface area contributed by atoms with Crippen molar-refractivity contribution in [3.05, 3.63) is 59.8 Å². The van der Waals surface area contributed by atoms with Crippen molar-refractivity contribution in [2.45, 2.75) is 13.5 Å². The van der Waals surface area contributed by atoms with E-state index < -0.39 is 0 Å². The molecule has 2 heterocycles. The fourth-order valence-corrected chi connectivity index (χ4v) is 2.95. The maximum Gasteiger partial charge on any atom is 0.276 e. The van der Waals surface area contributed by atoms with Crippen LogP contribution in [-0.2, 0) is 11.3 Å². The van der Waals surface area contributed by atoms with Gasteiger partial charge in [0, 0.05) is 25.5 Å². The lowest BCUT2D eigenvalue weighted by atomic mass is 10.1. The first-order valence-corrected chi connectivity index (χ1v) is 8.28. The molecule has 0 spiro atoms. The van der Waals surface area contributed by atoms with Crippen LogP contribution >= 0.6 is 12.2 Å². The van der Waals surface area contributed by atoms with E-state index in [4.69, 9.17) is 17.5 Å². The molecule has 25 heavy (non-hydrogen) atoms. The summed E-state index contributed by atoms with van der Waals surface area (Å²) in [6, 6.07) is 9.11. The number of nitrogens with one attached hydrogen (secondary N) is 1. The topological polar surface area (TPSA) is 74.0 Å². The summed E-state index contributed by atoms with van der Waals surface area (Å²) in [5, 5.41) is 12.2. The number of imidazole rings is 1. The SMILES string of the molecule is C[C@H](CN1C(=O)/C(=C\c2ccc(C#N)cc2)NC1=S)Cn1ccnc1. The Bertz CT molecular complexity index is 849. The zero-order chi connectivity index (χ0) is 17.8. The van der Waals surface area contributed by atoms with Gasteiger partial charge in [-0.3, -0.25) is 9.69 Å². The van der Waals surface area contributed by atoms with Gasteiger partial charge in [0.25, 0.3) is 5.91 Å². The Labute approximate surface area is 151 Å². The third-order valence-electron chi connectivity index (χ3n) is 3.89. The lowest BCUT2D eigenvalue weighted by molar-refractivity contribution is -0.122. The fraction of sp³-hybridized carbons (Fsp3) is 0.222. The van der Waals surface area contributed by atoms with Crippen LogP contribution < -0.4 is 5.32 Å². The summed E-state index contributed by atoms with van der Waals surface area (Å²) in [5.41, 5.74) is 1.87. The van der Waals surface area contributed by atoms with Gasteiger partial charge in [-0.05, 0) is 41.9 Å². The van der Waals surface area contributed by atoms with Gasteiger partial charge in [0.15, 0.2) is 5.11 Å². The van der Waals surface area contributed by atoms with Crippen molar-refractivity contribution < 1.29 is 4.79 Å². The molecular formula is C18H17N5OS. The normalized spacial score (nSPS) is 16.8. The molecule has 0 saturated carbocycles. The van der Waals surface area contributed by atoms with Crippen LogP contribution in [0.5, 0.6) is 0 Å². The van der Waals surface area contributed by atoms with E-state index in [-0.39, 0.29) is 11.8 Å². The average molecular weight is 351 g/mol. The molecule has 1 fully saturated rings. The van der Waals surface area contributed by atoms with Crippen molar-refractivity contribution in [2.24, 2.45) is 5.92 Å². The molecule has 0 aliphatic carbocycles. The van der Waals surface area contributed by atoms with Crippen molar-refractivity contribution >= 4 is 29.3 Å². The van der Waals surface area contributed by atoms with Crippen molar-refractivity contribution in [1.82, 2.24) is 19.8 Å². The predicted molar refractivity (Wildman–Crippen MR) is 98.0 cm³/mol. The van der Waals surface area contributed by atoms with Crippen LogP contribution in [0.15, 0.2) is 48.7 Å². The Morgan fingerprint density at radius 1 is 1.36 bits per heavy atom. The van der Waals surface area contributed by atoms with Crippen LogP contribution in [0.1, 0.15) is 18.1 Å². The second kappa shape index (κ2) is 7.28. The van der Waals surface area contributed by atoms with E-state index in [1.807, 2.05) is 10.8 Å². The quantitative estimate of drug-likeness (QED) is 0.660. The average Bonchev–Trinajstić information content (AvgIpc) is 3.20. The fourth-order valence-electron chi connectivity index (χ4n) is 2.68. The molecule has 1 amide bonds. The van der Waals surface area contributed by atoms with Crippen molar-refractivity contribution in [3.63, 3.8) is 0 Å². The van der Waals surface area contributed by atoms with E-state index >= 15 is 0 Å². The van der Waals surface area contributed by atoms with Crippen LogP contribution in [0.3, 0.4) is 0 Å². The van der Waals surface area contributed by atoms with Crippen molar-refractivity contribution in [3.8, 4) is 6.07 Å². The number of hydrogen-bond donors (Lipinski definition) is 1. The second-order valence-electron chi connectivity index (χ2n) is 6.00. The first kappa shape index (κ1) is 16.9. The monoisotopic (exact) mass is 351 g/mol. The lowest BCUT2D eigenvalue weighted by Gasteiger charge is -2.19. The second-order valence-corrected chi connectivity index (χ2v) is 6.39. The first-order valence-electron chi connectivity index (χ1n) is 7.87. The number of thiocarbonyl (C=S) groups is 1. The van der Waals surface area contributed by atoms with E-state index in [0.717, 1.165) is 12.1 Å². The highest BCUT2D eigenvalue weighted by molar-refractivity contribution is 7.80. The van der Waals surface area contributed by atoms with Crippen LogP contribution in [0, 0.1) is 17.2 Å². The molecule has 1 aromatic carbocycles. The molecule has 0 unspecified atom stereocenters. The smallest absolute Gasteiger partial charge is 0.276 e. The lowest BCUT2D eigenvalue weighted by Crippen LogP contribution is -2.35. The van der Waals surface area contributed by atoms with Gasteiger partial charge in [-0.1, -0.05) is 19.1 Å². The van der Waals surface area contributed by atoms with Gasteiger partial charge in [-0.15, -0.1) is 0 Å². The summed E-state index contributed by atoms with van der Waals surface area (Å²) in [4.78, 5) is 18.2. The molecule has 1 aliphatic heterocycles. The van der Waals surface area contributed by atoms with Crippen LogP contribution in [0.2, 0.25) is 0 Å². The summed E-state index contributed by atoms with van der Waals surface area (Å²) in [6.07, 6.45) is 7.14. The molecule has 0 radical (unpaired) electrons. The van der Waals surface area contributed by atoms with Crippen molar-refractivity contribution in [2.75, 3.05) is 6.54 Å². The molecule has 1 aliphatic rings. The van der Waals surface area contributed by atoms with Crippen LogP contribution in [0.4, 0.5) is 0 Å². The molecule has 1 N–H and O–H groups in total. The minimum Gasteiger partial charge on any atom is -0.337 e. The van der Waals surface area contributed by atoms with E-state index in [0.29, 0.717) is 22.9 Å². The standard InChI is InChI=1S/C18H17N5OS/c1-13(10-22-7-6-20-12-22)11-23-17(24)16(21-18(23)25)8-14-2-4-15(9-19)5-3-14/h2-8,12-13H,10-11H2,1H3,(H,21,25)/b16-8+/t13-/m0/s1. The zero-order valence-electron chi connectivity index (χ0n) is 13.7. The molecule has 0 bridgehead atoms. The number of nitrogens with zero attached hydrogens (tertiary/aromatic N) is 4. The third-order valence-corrected chi connectivity index (χ3v) is 4.21. The number of benzene rings is 1. The molecule has 1 aromatic heterocycles. The highest BCUT2D eigenvalue weighted by atomic mass is 32.1. The molecule has 1 saturated heterocycles. The van der Waals surface area contributed by atoms with E-state index in [9.17, 15) is 4.79 Å². The summed E-state index contributed by atoms with van der Waals surface area (Å²) >= 11 is 5.31. The molecule has 126 valence electrons. The number of hydrogen-bond acceptors (Lipinski definition) is 4. The maximum atomic E-state index is 12.6. The van der Waals surface area contributed by atoms with Crippen LogP contribution in [0.25, 0.3) is 6.08 Å². The number of amides is 1. The zero-order valence-corrected chi connectivity index (χ0v) is 14.5. The van der Waals surface area contributed by atoms with Gasteiger partial charge < -0.3 is 9.88 Å². The Morgan fingerprint density at radius 2 is 2.12 bits per heavy atom. The molecule has 1 atom stereocenters. The van der Waals surface area contributed by atoms with E-state index in [1.54, 1.807) is 47.8 Å². The Morgan fingerprint density at radius 3 is 2.76 bits per heavy atom. The maximum absolute atomic E-state index is 12.6. The number of rotatable bonds is 5. The van der Waals surface area contributed by atoms with Crippen molar-refractivity contribution in [1.29, 1.82) is 5.26 Å². The number of carbonyl (C=O) groups is 1.